The highest BCUT2D eigenvalue weighted by Crippen LogP contribution is 2.63. The van der Waals surface area contributed by atoms with E-state index >= 15 is 0 Å². The van der Waals surface area contributed by atoms with E-state index in [-0.39, 0.29) is 23.0 Å². The number of fused-ring (bicyclic) bond motifs is 5. The first kappa shape index (κ1) is 14.3. The molecule has 4 rings (SSSR count). The third kappa shape index (κ3) is 1.60. The Morgan fingerprint density at radius 2 is 2.00 bits per heavy atom. The van der Waals surface area contributed by atoms with Crippen LogP contribution in [0.25, 0.3) is 0 Å². The summed E-state index contributed by atoms with van der Waals surface area (Å²) in [6, 6.07) is 0. The second-order valence-electron chi connectivity index (χ2n) is 8.09. The molecular formula is C19H24O3. The fourth-order valence-corrected chi connectivity index (χ4v) is 6.24. The smallest absolute Gasteiger partial charge is 0.159 e. The highest BCUT2D eigenvalue weighted by Gasteiger charge is 2.61. The molecule has 4 aliphatic rings. The second kappa shape index (κ2) is 4.62. The number of Topliss-reactive ketones (excluding diaryl/α,β-unsaturated/α-hetero) is 2. The minimum Gasteiger partial charge on any atom is -0.302 e. The van der Waals surface area contributed by atoms with Crippen LogP contribution in [-0.4, -0.2) is 17.9 Å². The Bertz CT molecular complexity index is 589. The quantitative estimate of drug-likeness (QED) is 0.698. The van der Waals surface area contributed by atoms with Gasteiger partial charge >= 0.3 is 0 Å². The largest absolute Gasteiger partial charge is 0.302 e. The summed E-state index contributed by atoms with van der Waals surface area (Å²) in [5.41, 5.74) is 0.0371. The molecule has 0 amide bonds. The van der Waals surface area contributed by atoms with Gasteiger partial charge in [-0.3, -0.25) is 9.59 Å². The van der Waals surface area contributed by atoms with Gasteiger partial charge in [0.05, 0.1) is 5.41 Å². The van der Waals surface area contributed by atoms with Gasteiger partial charge in [-0.25, -0.2) is 0 Å². The normalized spacial score (nSPS) is 47.3. The lowest BCUT2D eigenvalue weighted by molar-refractivity contribution is -0.142. The van der Waals surface area contributed by atoms with Crippen LogP contribution in [0.4, 0.5) is 0 Å². The van der Waals surface area contributed by atoms with E-state index < -0.39 is 5.41 Å². The van der Waals surface area contributed by atoms with Crippen molar-refractivity contribution in [2.75, 3.05) is 0 Å². The van der Waals surface area contributed by atoms with Crippen LogP contribution in [0, 0.1) is 28.6 Å². The molecule has 0 spiro atoms. The van der Waals surface area contributed by atoms with Gasteiger partial charge in [-0.1, -0.05) is 13.0 Å². The van der Waals surface area contributed by atoms with Crippen LogP contribution in [-0.2, 0) is 14.4 Å². The molecule has 3 fully saturated rings. The van der Waals surface area contributed by atoms with Gasteiger partial charge in [0.2, 0.25) is 0 Å². The highest BCUT2D eigenvalue weighted by atomic mass is 16.1. The Morgan fingerprint density at radius 3 is 2.77 bits per heavy atom. The molecule has 5 atom stereocenters. The SMILES string of the molecule is C[C@]12CC[C@H]3[C@@H](CC(=O)C4=CCCC[C@@]43C=O)[C@@H]1CCC2=O. The van der Waals surface area contributed by atoms with Crippen molar-refractivity contribution in [2.24, 2.45) is 28.6 Å². The van der Waals surface area contributed by atoms with E-state index in [9.17, 15) is 14.4 Å². The molecule has 0 radical (unpaired) electrons. The van der Waals surface area contributed by atoms with E-state index in [0.717, 1.165) is 50.4 Å². The monoisotopic (exact) mass is 300 g/mol. The molecule has 0 aromatic rings. The average molecular weight is 300 g/mol. The first-order chi connectivity index (χ1) is 10.5. The van der Waals surface area contributed by atoms with Gasteiger partial charge in [0.1, 0.15) is 12.1 Å². The van der Waals surface area contributed by atoms with Crippen LogP contribution in [0.5, 0.6) is 0 Å². The second-order valence-corrected chi connectivity index (χ2v) is 8.09. The van der Waals surface area contributed by atoms with Crippen molar-refractivity contribution in [2.45, 2.75) is 58.3 Å². The maximum Gasteiger partial charge on any atom is 0.159 e. The van der Waals surface area contributed by atoms with Gasteiger partial charge in [0, 0.05) is 23.8 Å². The third-order valence-electron chi connectivity index (χ3n) is 7.38. The van der Waals surface area contributed by atoms with Gasteiger partial charge < -0.3 is 4.79 Å². The van der Waals surface area contributed by atoms with E-state index in [2.05, 4.69) is 6.92 Å². The molecule has 3 heteroatoms. The van der Waals surface area contributed by atoms with Gasteiger partial charge in [-0.2, -0.15) is 0 Å². The van der Waals surface area contributed by atoms with Crippen LogP contribution in [0.15, 0.2) is 11.6 Å². The number of carbonyl (C=O) groups excluding carboxylic acids is 3. The van der Waals surface area contributed by atoms with Crippen molar-refractivity contribution in [3.63, 3.8) is 0 Å². The van der Waals surface area contributed by atoms with Crippen LogP contribution < -0.4 is 0 Å². The fraction of sp³-hybridized carbons (Fsp3) is 0.737. The molecule has 3 saturated carbocycles. The molecule has 22 heavy (non-hydrogen) atoms. The maximum atomic E-state index is 12.7. The Kier molecular flexibility index (Phi) is 3.02. The number of ketones is 2. The zero-order valence-corrected chi connectivity index (χ0v) is 13.3. The number of rotatable bonds is 1. The van der Waals surface area contributed by atoms with Gasteiger partial charge in [-0.15, -0.1) is 0 Å². The zero-order chi connectivity index (χ0) is 15.5. The number of carbonyl (C=O) groups is 3. The fourth-order valence-electron chi connectivity index (χ4n) is 6.24. The summed E-state index contributed by atoms with van der Waals surface area (Å²) < 4.78 is 0. The lowest BCUT2D eigenvalue weighted by Gasteiger charge is -2.55. The van der Waals surface area contributed by atoms with Crippen LogP contribution in [0.2, 0.25) is 0 Å². The summed E-state index contributed by atoms with van der Waals surface area (Å²) in [6.07, 6.45) is 9.82. The molecule has 0 N–H and O–H groups in total. The van der Waals surface area contributed by atoms with Crippen molar-refractivity contribution in [3.8, 4) is 0 Å². The first-order valence-corrected chi connectivity index (χ1v) is 8.76. The predicted octanol–water partition coefficient (Wildman–Crippen LogP) is 3.27. The Labute approximate surface area is 131 Å². The Hall–Kier alpha value is -1.25. The molecule has 0 aromatic carbocycles. The summed E-state index contributed by atoms with van der Waals surface area (Å²) in [5, 5.41) is 0. The number of hydrogen-bond acceptors (Lipinski definition) is 3. The number of hydrogen-bond donors (Lipinski definition) is 0. The molecule has 0 bridgehead atoms. The first-order valence-electron chi connectivity index (χ1n) is 8.76. The maximum absolute atomic E-state index is 12.7. The molecule has 4 aliphatic carbocycles. The molecule has 0 aromatic heterocycles. The lowest BCUT2D eigenvalue weighted by Crippen LogP contribution is -2.54. The molecule has 0 unspecified atom stereocenters. The van der Waals surface area contributed by atoms with Crippen molar-refractivity contribution in [1.82, 2.24) is 0 Å². The van der Waals surface area contributed by atoms with E-state index in [1.165, 1.54) is 0 Å². The molecular weight excluding hydrogens is 276 g/mol. The molecule has 118 valence electrons. The molecule has 0 saturated heterocycles. The van der Waals surface area contributed by atoms with E-state index in [0.29, 0.717) is 24.5 Å². The average Bonchev–Trinajstić information content (AvgIpc) is 2.83. The summed E-state index contributed by atoms with van der Waals surface area (Å²) in [5.74, 6) is 1.38. The van der Waals surface area contributed by atoms with Crippen molar-refractivity contribution >= 4 is 17.9 Å². The highest BCUT2D eigenvalue weighted by molar-refractivity contribution is 6.02. The van der Waals surface area contributed by atoms with Gasteiger partial charge in [0.25, 0.3) is 0 Å². The van der Waals surface area contributed by atoms with E-state index in [1.54, 1.807) is 0 Å². The summed E-state index contributed by atoms with van der Waals surface area (Å²) in [4.78, 5) is 37.2. The zero-order valence-electron chi connectivity index (χ0n) is 13.3. The molecule has 0 heterocycles. The molecule has 3 nitrogen and oxygen atoms in total. The summed E-state index contributed by atoms with van der Waals surface area (Å²) in [7, 11) is 0. The van der Waals surface area contributed by atoms with E-state index in [4.69, 9.17) is 0 Å². The van der Waals surface area contributed by atoms with Crippen LogP contribution >= 0.6 is 0 Å². The third-order valence-corrected chi connectivity index (χ3v) is 7.38. The topological polar surface area (TPSA) is 51.2 Å². The van der Waals surface area contributed by atoms with Gasteiger partial charge in [-0.05, 0) is 56.3 Å². The lowest BCUT2D eigenvalue weighted by atomic mass is 9.47. The van der Waals surface area contributed by atoms with Crippen molar-refractivity contribution in [3.05, 3.63) is 11.6 Å². The van der Waals surface area contributed by atoms with E-state index in [1.807, 2.05) is 6.08 Å². The van der Waals surface area contributed by atoms with Crippen molar-refractivity contribution in [1.29, 1.82) is 0 Å². The van der Waals surface area contributed by atoms with Crippen molar-refractivity contribution < 1.29 is 14.4 Å². The Morgan fingerprint density at radius 1 is 1.18 bits per heavy atom. The standard InChI is InChI=1S/C19H24O3/c1-18-9-7-14-12(13(18)5-6-17(18)22)10-16(21)15-4-2-3-8-19(14,15)11-20/h4,11-14H,2-3,5-10H2,1H3/t12-,13-,14-,18-,19-/m0/s1. The summed E-state index contributed by atoms with van der Waals surface area (Å²) in [6.45, 7) is 2.10. The summed E-state index contributed by atoms with van der Waals surface area (Å²) >= 11 is 0. The molecule has 0 aliphatic heterocycles. The number of allylic oxidation sites excluding steroid dienone is 2. The minimum absolute atomic E-state index is 0.177. The Balaban J connectivity index is 1.79. The van der Waals surface area contributed by atoms with Gasteiger partial charge in [0.15, 0.2) is 5.78 Å². The number of aldehydes is 1. The minimum atomic E-state index is -0.536. The predicted molar refractivity (Wildman–Crippen MR) is 82.1 cm³/mol. The van der Waals surface area contributed by atoms with Crippen LogP contribution in [0.3, 0.4) is 0 Å². The van der Waals surface area contributed by atoms with Crippen LogP contribution in [0.1, 0.15) is 58.3 Å².